The van der Waals surface area contributed by atoms with Gasteiger partial charge in [-0.2, -0.15) is 0 Å². The summed E-state index contributed by atoms with van der Waals surface area (Å²) in [5.41, 5.74) is 3.31. The molecule has 5 nitrogen and oxygen atoms in total. The zero-order valence-corrected chi connectivity index (χ0v) is 14.3. The summed E-state index contributed by atoms with van der Waals surface area (Å²) >= 11 is 1.40. The van der Waals surface area contributed by atoms with Gasteiger partial charge < -0.3 is 9.88 Å². The molecule has 2 rings (SSSR count). The molecule has 22 heavy (non-hydrogen) atoms. The lowest BCUT2D eigenvalue weighted by Gasteiger charge is -2.14. The Balaban J connectivity index is 2.05. The van der Waals surface area contributed by atoms with E-state index in [0.29, 0.717) is 5.75 Å². The molecular formula is C16H22N4OS. The van der Waals surface area contributed by atoms with E-state index < -0.39 is 0 Å². The number of hydrogen-bond donors (Lipinski definition) is 1. The van der Waals surface area contributed by atoms with Crippen molar-refractivity contribution in [3.05, 3.63) is 35.2 Å². The number of aryl methyl sites for hydroxylation is 3. The second kappa shape index (κ2) is 7.45. The van der Waals surface area contributed by atoms with Gasteiger partial charge in [0.2, 0.25) is 5.91 Å². The van der Waals surface area contributed by atoms with Crippen molar-refractivity contribution in [3.8, 4) is 0 Å². The maximum atomic E-state index is 12.3. The molecule has 0 aliphatic rings. The number of para-hydroxylation sites is 1. The van der Waals surface area contributed by atoms with Gasteiger partial charge in [0, 0.05) is 12.7 Å². The first-order valence-corrected chi connectivity index (χ1v) is 8.44. The number of thioether (sulfide) groups is 1. The monoisotopic (exact) mass is 318 g/mol. The first-order valence-electron chi connectivity index (χ1n) is 7.46. The molecule has 0 aliphatic carbocycles. The summed E-state index contributed by atoms with van der Waals surface area (Å²) in [7, 11) is 1.90. The van der Waals surface area contributed by atoms with Crippen LogP contribution in [0.2, 0.25) is 0 Å². The van der Waals surface area contributed by atoms with Crippen LogP contribution in [0.3, 0.4) is 0 Å². The minimum atomic E-state index is -0.0127. The van der Waals surface area contributed by atoms with Gasteiger partial charge in [-0.05, 0) is 30.9 Å². The Kier molecular flexibility index (Phi) is 5.60. The molecule has 1 N–H and O–H groups in total. The molecule has 0 saturated heterocycles. The number of aromatic nitrogens is 3. The first-order chi connectivity index (χ1) is 10.6. The third kappa shape index (κ3) is 3.68. The standard InChI is InChI=1S/C16H22N4OS/c1-5-12-8-7-9-13(6-2)15(12)17-14(21)10-22-16-19-18-11(3)20(16)4/h7-9H,5-6,10H2,1-4H3,(H,17,21). The number of nitrogens with one attached hydrogen (secondary N) is 1. The van der Waals surface area contributed by atoms with Crippen LogP contribution in [0.5, 0.6) is 0 Å². The maximum Gasteiger partial charge on any atom is 0.234 e. The number of benzene rings is 1. The zero-order chi connectivity index (χ0) is 16.1. The lowest BCUT2D eigenvalue weighted by atomic mass is 10.0. The number of carbonyl (C=O) groups excluding carboxylic acids is 1. The van der Waals surface area contributed by atoms with E-state index in [1.807, 2.05) is 24.6 Å². The van der Waals surface area contributed by atoms with Crippen LogP contribution in [0.25, 0.3) is 0 Å². The highest BCUT2D eigenvalue weighted by atomic mass is 32.2. The second-order valence-corrected chi connectivity index (χ2v) is 6.03. The zero-order valence-electron chi connectivity index (χ0n) is 13.5. The molecule has 0 spiro atoms. The van der Waals surface area contributed by atoms with Crippen LogP contribution in [0.4, 0.5) is 5.69 Å². The average molecular weight is 318 g/mol. The van der Waals surface area contributed by atoms with Crippen LogP contribution in [0.1, 0.15) is 30.8 Å². The largest absolute Gasteiger partial charge is 0.325 e. The van der Waals surface area contributed by atoms with Gasteiger partial charge in [0.05, 0.1) is 5.75 Å². The van der Waals surface area contributed by atoms with Crippen molar-refractivity contribution in [2.75, 3.05) is 11.1 Å². The third-order valence-electron chi connectivity index (χ3n) is 3.65. The predicted molar refractivity (Wildman–Crippen MR) is 90.3 cm³/mol. The Hall–Kier alpha value is -1.82. The maximum absolute atomic E-state index is 12.3. The molecule has 0 atom stereocenters. The number of hydrogen-bond acceptors (Lipinski definition) is 4. The highest BCUT2D eigenvalue weighted by molar-refractivity contribution is 7.99. The molecule has 1 amide bonds. The predicted octanol–water partition coefficient (Wildman–Crippen LogP) is 2.98. The summed E-state index contributed by atoms with van der Waals surface area (Å²) < 4.78 is 1.88. The van der Waals surface area contributed by atoms with E-state index in [9.17, 15) is 4.79 Å². The molecule has 0 bridgehead atoms. The van der Waals surface area contributed by atoms with Crippen LogP contribution >= 0.6 is 11.8 Å². The first kappa shape index (κ1) is 16.5. The molecule has 118 valence electrons. The van der Waals surface area contributed by atoms with Crippen molar-refractivity contribution in [1.29, 1.82) is 0 Å². The van der Waals surface area contributed by atoms with Crippen molar-refractivity contribution < 1.29 is 4.79 Å². The molecule has 2 aromatic rings. The average Bonchev–Trinajstić information content (AvgIpc) is 2.84. The lowest BCUT2D eigenvalue weighted by molar-refractivity contribution is -0.113. The molecule has 0 saturated carbocycles. The van der Waals surface area contributed by atoms with Gasteiger partial charge in [-0.3, -0.25) is 4.79 Å². The molecular weight excluding hydrogens is 296 g/mol. The van der Waals surface area contributed by atoms with E-state index in [2.05, 4.69) is 41.5 Å². The molecule has 0 aliphatic heterocycles. The van der Waals surface area contributed by atoms with E-state index in [1.54, 1.807) is 0 Å². The number of amides is 1. The number of nitrogens with zero attached hydrogens (tertiary/aromatic N) is 3. The van der Waals surface area contributed by atoms with Crippen molar-refractivity contribution >= 4 is 23.4 Å². The summed E-state index contributed by atoms with van der Waals surface area (Å²) in [6.45, 7) is 6.09. The molecule has 0 radical (unpaired) electrons. The molecule has 1 aromatic heterocycles. The Bertz CT molecular complexity index is 644. The summed E-state index contributed by atoms with van der Waals surface area (Å²) in [6.07, 6.45) is 1.80. The van der Waals surface area contributed by atoms with E-state index in [-0.39, 0.29) is 5.91 Å². The van der Waals surface area contributed by atoms with Crippen LogP contribution in [0.15, 0.2) is 23.4 Å². The van der Waals surface area contributed by atoms with Crippen LogP contribution in [-0.4, -0.2) is 26.4 Å². The second-order valence-electron chi connectivity index (χ2n) is 5.08. The van der Waals surface area contributed by atoms with Crippen LogP contribution in [-0.2, 0) is 24.7 Å². The van der Waals surface area contributed by atoms with Gasteiger partial charge in [0.1, 0.15) is 5.82 Å². The SMILES string of the molecule is CCc1cccc(CC)c1NC(=O)CSc1nnc(C)n1C. The number of carbonyl (C=O) groups is 1. The summed E-state index contributed by atoms with van der Waals surface area (Å²) in [5.74, 6) is 1.15. The van der Waals surface area contributed by atoms with Crippen molar-refractivity contribution in [3.63, 3.8) is 0 Å². The van der Waals surface area contributed by atoms with Crippen LogP contribution in [0, 0.1) is 6.92 Å². The van der Waals surface area contributed by atoms with E-state index >= 15 is 0 Å². The Labute approximate surface area is 135 Å². The fourth-order valence-electron chi connectivity index (χ4n) is 2.22. The van der Waals surface area contributed by atoms with E-state index in [1.165, 1.54) is 22.9 Å². The summed E-state index contributed by atoms with van der Waals surface area (Å²) in [5, 5.41) is 11.9. The lowest BCUT2D eigenvalue weighted by Crippen LogP contribution is -2.17. The van der Waals surface area contributed by atoms with Crippen LogP contribution < -0.4 is 5.32 Å². The van der Waals surface area contributed by atoms with Gasteiger partial charge in [-0.1, -0.05) is 43.8 Å². The highest BCUT2D eigenvalue weighted by Gasteiger charge is 2.12. The molecule has 1 heterocycles. The smallest absolute Gasteiger partial charge is 0.234 e. The van der Waals surface area contributed by atoms with Gasteiger partial charge in [-0.15, -0.1) is 10.2 Å². The summed E-state index contributed by atoms with van der Waals surface area (Å²) in [6, 6.07) is 6.17. The van der Waals surface area contributed by atoms with Crippen molar-refractivity contribution in [1.82, 2.24) is 14.8 Å². The van der Waals surface area contributed by atoms with E-state index in [4.69, 9.17) is 0 Å². The number of rotatable bonds is 6. The van der Waals surface area contributed by atoms with Crippen molar-refractivity contribution in [2.24, 2.45) is 7.05 Å². The molecule has 0 unspecified atom stereocenters. The Morgan fingerprint density at radius 1 is 1.23 bits per heavy atom. The fourth-order valence-corrected chi connectivity index (χ4v) is 2.98. The molecule has 6 heteroatoms. The Morgan fingerprint density at radius 3 is 2.36 bits per heavy atom. The fraction of sp³-hybridized carbons (Fsp3) is 0.438. The number of anilines is 1. The quantitative estimate of drug-likeness (QED) is 0.832. The molecule has 1 aromatic carbocycles. The minimum Gasteiger partial charge on any atom is -0.325 e. The van der Waals surface area contributed by atoms with E-state index in [0.717, 1.165) is 29.5 Å². The summed E-state index contributed by atoms with van der Waals surface area (Å²) in [4.78, 5) is 12.3. The third-order valence-corrected chi connectivity index (χ3v) is 4.67. The van der Waals surface area contributed by atoms with Gasteiger partial charge >= 0.3 is 0 Å². The Morgan fingerprint density at radius 2 is 1.86 bits per heavy atom. The van der Waals surface area contributed by atoms with Gasteiger partial charge in [0.25, 0.3) is 0 Å². The minimum absolute atomic E-state index is 0.0127. The molecule has 0 fully saturated rings. The topological polar surface area (TPSA) is 59.8 Å². The normalized spacial score (nSPS) is 10.7. The van der Waals surface area contributed by atoms with Crippen molar-refractivity contribution in [2.45, 2.75) is 38.8 Å². The highest BCUT2D eigenvalue weighted by Crippen LogP contribution is 2.23. The van der Waals surface area contributed by atoms with Gasteiger partial charge in [-0.25, -0.2) is 0 Å². The van der Waals surface area contributed by atoms with Gasteiger partial charge in [0.15, 0.2) is 5.16 Å².